The molecule has 0 amide bonds. The summed E-state index contributed by atoms with van der Waals surface area (Å²) < 4.78 is 3.11. The third-order valence-corrected chi connectivity index (χ3v) is 2.47. The molecular formula is C9H10ClN5O. The van der Waals surface area contributed by atoms with Crippen LogP contribution in [0.4, 0.5) is 0 Å². The fourth-order valence-electron chi connectivity index (χ4n) is 1.38. The summed E-state index contributed by atoms with van der Waals surface area (Å²) in [6.07, 6.45) is 1.44. The van der Waals surface area contributed by atoms with Crippen molar-refractivity contribution < 1.29 is 0 Å². The van der Waals surface area contributed by atoms with Crippen LogP contribution < -0.4 is 5.56 Å². The Morgan fingerprint density at radius 3 is 2.81 bits per heavy atom. The van der Waals surface area contributed by atoms with E-state index in [-0.39, 0.29) is 10.7 Å². The SMILES string of the molecule is Cc1nc(Cl)cc(=O)n1Cc1ncnn1C. The lowest BCUT2D eigenvalue weighted by atomic mass is 10.5. The number of rotatable bonds is 2. The average Bonchev–Trinajstić information content (AvgIpc) is 2.57. The van der Waals surface area contributed by atoms with Gasteiger partial charge in [0.05, 0.1) is 6.54 Å². The van der Waals surface area contributed by atoms with E-state index in [0.717, 1.165) is 0 Å². The molecule has 6 nitrogen and oxygen atoms in total. The molecule has 7 heteroatoms. The zero-order chi connectivity index (χ0) is 11.7. The molecule has 0 fully saturated rings. The summed E-state index contributed by atoms with van der Waals surface area (Å²) in [6.45, 7) is 2.06. The van der Waals surface area contributed by atoms with Crippen molar-refractivity contribution in [2.75, 3.05) is 0 Å². The van der Waals surface area contributed by atoms with Gasteiger partial charge in [0.25, 0.3) is 5.56 Å². The molecule has 0 radical (unpaired) electrons. The highest BCUT2D eigenvalue weighted by atomic mass is 35.5. The molecule has 2 aromatic heterocycles. The van der Waals surface area contributed by atoms with E-state index in [1.807, 2.05) is 0 Å². The largest absolute Gasteiger partial charge is 0.289 e. The first-order chi connectivity index (χ1) is 7.58. The van der Waals surface area contributed by atoms with Crippen molar-refractivity contribution in [1.82, 2.24) is 24.3 Å². The van der Waals surface area contributed by atoms with E-state index in [0.29, 0.717) is 18.2 Å². The maximum absolute atomic E-state index is 11.7. The van der Waals surface area contributed by atoms with E-state index in [9.17, 15) is 4.79 Å². The number of aryl methyl sites for hydroxylation is 2. The van der Waals surface area contributed by atoms with Gasteiger partial charge in [0.1, 0.15) is 23.1 Å². The molecule has 2 heterocycles. The molecule has 0 saturated heterocycles. The summed E-state index contributed by atoms with van der Waals surface area (Å²) in [7, 11) is 1.77. The predicted octanol–water partition coefficient (Wildman–Crippen LogP) is 0.382. The summed E-state index contributed by atoms with van der Waals surface area (Å²) in [5.74, 6) is 1.25. The van der Waals surface area contributed by atoms with Crippen LogP contribution in [0.3, 0.4) is 0 Å². The lowest BCUT2D eigenvalue weighted by molar-refractivity contribution is 0.618. The Hall–Kier alpha value is -1.69. The molecule has 0 spiro atoms. The van der Waals surface area contributed by atoms with Crippen LogP contribution in [0.5, 0.6) is 0 Å². The van der Waals surface area contributed by atoms with E-state index in [2.05, 4.69) is 15.1 Å². The zero-order valence-corrected chi connectivity index (χ0v) is 9.64. The van der Waals surface area contributed by atoms with Gasteiger partial charge in [-0.05, 0) is 6.92 Å². The Morgan fingerprint density at radius 1 is 1.50 bits per heavy atom. The first-order valence-corrected chi connectivity index (χ1v) is 5.02. The Kier molecular flexibility index (Phi) is 2.74. The highest BCUT2D eigenvalue weighted by molar-refractivity contribution is 6.29. The number of hydrogen-bond donors (Lipinski definition) is 0. The van der Waals surface area contributed by atoms with Crippen LogP contribution in [0.1, 0.15) is 11.6 Å². The van der Waals surface area contributed by atoms with Crippen LogP contribution >= 0.6 is 11.6 Å². The molecule has 84 valence electrons. The second kappa shape index (κ2) is 4.05. The van der Waals surface area contributed by atoms with Crippen molar-refractivity contribution in [3.05, 3.63) is 39.5 Å². The van der Waals surface area contributed by atoms with Gasteiger partial charge in [-0.1, -0.05) is 11.6 Å². The number of nitrogens with zero attached hydrogens (tertiary/aromatic N) is 5. The van der Waals surface area contributed by atoms with Crippen LogP contribution in [0.15, 0.2) is 17.2 Å². The summed E-state index contributed by atoms with van der Waals surface area (Å²) in [4.78, 5) is 19.7. The van der Waals surface area contributed by atoms with Crippen molar-refractivity contribution >= 4 is 11.6 Å². The van der Waals surface area contributed by atoms with Crippen LogP contribution in [0.2, 0.25) is 5.15 Å². The number of halogens is 1. The van der Waals surface area contributed by atoms with Crippen molar-refractivity contribution in [2.45, 2.75) is 13.5 Å². The number of aromatic nitrogens is 5. The van der Waals surface area contributed by atoms with Crippen LogP contribution in [0, 0.1) is 6.92 Å². The second-order valence-corrected chi connectivity index (χ2v) is 3.74. The van der Waals surface area contributed by atoms with E-state index < -0.39 is 0 Å². The topological polar surface area (TPSA) is 65.6 Å². The molecule has 0 atom stereocenters. The van der Waals surface area contributed by atoms with Crippen LogP contribution in [-0.2, 0) is 13.6 Å². The minimum atomic E-state index is -0.194. The molecular weight excluding hydrogens is 230 g/mol. The molecule has 0 N–H and O–H groups in total. The van der Waals surface area contributed by atoms with Gasteiger partial charge in [0.15, 0.2) is 0 Å². The fraction of sp³-hybridized carbons (Fsp3) is 0.333. The lowest BCUT2D eigenvalue weighted by Gasteiger charge is -2.07. The molecule has 0 saturated carbocycles. The van der Waals surface area contributed by atoms with E-state index in [4.69, 9.17) is 11.6 Å². The lowest BCUT2D eigenvalue weighted by Crippen LogP contribution is -2.24. The van der Waals surface area contributed by atoms with Crippen molar-refractivity contribution in [3.8, 4) is 0 Å². The molecule has 16 heavy (non-hydrogen) atoms. The molecule has 0 unspecified atom stereocenters. The van der Waals surface area contributed by atoms with Crippen molar-refractivity contribution in [1.29, 1.82) is 0 Å². The van der Waals surface area contributed by atoms with Gasteiger partial charge in [-0.3, -0.25) is 14.0 Å². The quantitative estimate of drug-likeness (QED) is 0.711. The van der Waals surface area contributed by atoms with Gasteiger partial charge < -0.3 is 0 Å². The van der Waals surface area contributed by atoms with E-state index >= 15 is 0 Å². The van der Waals surface area contributed by atoms with Gasteiger partial charge in [0.2, 0.25) is 0 Å². The van der Waals surface area contributed by atoms with Crippen molar-refractivity contribution in [3.63, 3.8) is 0 Å². The molecule has 0 aliphatic heterocycles. The standard InChI is InChI=1S/C9H10ClN5O/c1-6-13-7(10)3-9(16)15(6)4-8-11-5-12-14(8)2/h3,5H,4H2,1-2H3. The van der Waals surface area contributed by atoms with Gasteiger partial charge in [-0.2, -0.15) is 5.10 Å². The Bertz CT molecular complexity index is 574. The smallest absolute Gasteiger partial charge is 0.255 e. The van der Waals surface area contributed by atoms with Crippen LogP contribution in [-0.4, -0.2) is 24.3 Å². The average molecular weight is 240 g/mol. The fourth-order valence-corrected chi connectivity index (χ4v) is 1.60. The second-order valence-electron chi connectivity index (χ2n) is 3.35. The Morgan fingerprint density at radius 2 is 2.25 bits per heavy atom. The molecule has 2 rings (SSSR count). The molecule has 0 bridgehead atoms. The van der Waals surface area contributed by atoms with E-state index in [1.165, 1.54) is 17.0 Å². The maximum atomic E-state index is 11.7. The van der Waals surface area contributed by atoms with E-state index in [1.54, 1.807) is 18.7 Å². The summed E-state index contributed by atoms with van der Waals surface area (Å²) in [6, 6.07) is 1.28. The van der Waals surface area contributed by atoms with Gasteiger partial charge in [0, 0.05) is 13.1 Å². The van der Waals surface area contributed by atoms with Gasteiger partial charge in [-0.25, -0.2) is 9.97 Å². The third kappa shape index (κ3) is 1.96. The molecule has 0 aliphatic rings. The summed E-state index contributed by atoms with van der Waals surface area (Å²) >= 11 is 5.68. The van der Waals surface area contributed by atoms with Gasteiger partial charge >= 0.3 is 0 Å². The maximum Gasteiger partial charge on any atom is 0.255 e. The molecule has 2 aromatic rings. The normalized spacial score (nSPS) is 10.7. The first kappa shape index (κ1) is 10.8. The molecule has 0 aromatic carbocycles. The monoisotopic (exact) mass is 239 g/mol. The predicted molar refractivity (Wildman–Crippen MR) is 58.3 cm³/mol. The highest BCUT2D eigenvalue weighted by Crippen LogP contribution is 2.03. The summed E-state index contributed by atoms with van der Waals surface area (Å²) in [5.41, 5.74) is -0.194. The third-order valence-electron chi connectivity index (χ3n) is 2.27. The Labute approximate surface area is 96.5 Å². The zero-order valence-electron chi connectivity index (χ0n) is 8.88. The minimum Gasteiger partial charge on any atom is -0.289 e. The van der Waals surface area contributed by atoms with Gasteiger partial charge in [-0.15, -0.1) is 0 Å². The molecule has 0 aliphatic carbocycles. The summed E-state index contributed by atoms with van der Waals surface area (Å²) in [5, 5.41) is 4.14. The first-order valence-electron chi connectivity index (χ1n) is 4.65. The van der Waals surface area contributed by atoms with Crippen molar-refractivity contribution in [2.24, 2.45) is 7.05 Å². The highest BCUT2D eigenvalue weighted by Gasteiger charge is 2.07. The van der Waals surface area contributed by atoms with Crippen LogP contribution in [0.25, 0.3) is 0 Å². The minimum absolute atomic E-state index is 0.194. The number of hydrogen-bond acceptors (Lipinski definition) is 4. The Balaban J connectivity index is 2.43.